The lowest BCUT2D eigenvalue weighted by molar-refractivity contribution is 0.0734. The van der Waals surface area contributed by atoms with Gasteiger partial charge in [-0.2, -0.15) is 0 Å². The van der Waals surface area contributed by atoms with Crippen molar-refractivity contribution in [2.24, 2.45) is 11.8 Å². The fourth-order valence-electron chi connectivity index (χ4n) is 5.80. The predicted molar refractivity (Wildman–Crippen MR) is 155 cm³/mol. The Morgan fingerprint density at radius 1 is 0.789 bits per heavy atom. The average molecular weight is 525 g/mol. The van der Waals surface area contributed by atoms with E-state index in [4.69, 9.17) is 9.47 Å². The van der Waals surface area contributed by atoms with E-state index in [0.29, 0.717) is 24.2 Å². The highest BCUT2D eigenvalue weighted by molar-refractivity contribution is 5.91. The standard InChI is InChI=1S/C34H49FO3/c1-3-5-7-8-10-17-29-19-24-32(26-33(29)35)38-34(36)30-20-22-31(23-21-30)37-25-13-18-28-16-12-11-15-27(28)14-9-6-4-2/h19-24,26-28H,3-18,25H2,1-2H3. The minimum Gasteiger partial charge on any atom is -0.494 e. The summed E-state index contributed by atoms with van der Waals surface area (Å²) < 4.78 is 25.9. The molecule has 0 spiro atoms. The Labute approximate surface area is 230 Å². The highest BCUT2D eigenvalue weighted by Gasteiger charge is 2.24. The van der Waals surface area contributed by atoms with Gasteiger partial charge in [0.15, 0.2) is 0 Å². The normalized spacial score (nSPS) is 17.3. The summed E-state index contributed by atoms with van der Waals surface area (Å²) >= 11 is 0. The fraction of sp³-hybridized carbons (Fsp3) is 0.618. The minimum absolute atomic E-state index is 0.235. The molecule has 0 radical (unpaired) electrons. The van der Waals surface area contributed by atoms with Crippen molar-refractivity contribution in [3.8, 4) is 11.5 Å². The third kappa shape index (κ3) is 10.4. The molecule has 4 heteroatoms. The second kappa shape index (κ2) is 17.3. The van der Waals surface area contributed by atoms with Gasteiger partial charge in [0.05, 0.1) is 12.2 Å². The smallest absolute Gasteiger partial charge is 0.343 e. The number of hydrogen-bond donors (Lipinski definition) is 0. The van der Waals surface area contributed by atoms with Crippen LogP contribution >= 0.6 is 0 Å². The molecule has 0 aliphatic heterocycles. The number of rotatable bonds is 17. The summed E-state index contributed by atoms with van der Waals surface area (Å²) in [4.78, 5) is 12.6. The Balaban J connectivity index is 1.39. The predicted octanol–water partition coefficient (Wildman–Crippen LogP) is 10.1. The molecule has 1 saturated carbocycles. The molecule has 1 aliphatic rings. The first-order chi connectivity index (χ1) is 18.6. The second-order valence-corrected chi connectivity index (χ2v) is 11.1. The van der Waals surface area contributed by atoms with Crippen LogP contribution in [0.1, 0.15) is 126 Å². The first-order valence-corrected chi connectivity index (χ1v) is 15.3. The van der Waals surface area contributed by atoms with Crippen molar-refractivity contribution in [2.45, 2.75) is 117 Å². The zero-order chi connectivity index (χ0) is 27.0. The molecular formula is C34H49FO3. The Kier molecular flexibility index (Phi) is 13.7. The van der Waals surface area contributed by atoms with Crippen molar-refractivity contribution >= 4 is 5.97 Å². The number of hydrogen-bond acceptors (Lipinski definition) is 3. The van der Waals surface area contributed by atoms with Gasteiger partial charge in [-0.25, -0.2) is 9.18 Å². The van der Waals surface area contributed by atoms with Crippen molar-refractivity contribution < 1.29 is 18.7 Å². The molecule has 3 rings (SSSR count). The van der Waals surface area contributed by atoms with Crippen molar-refractivity contribution in [3.05, 3.63) is 59.4 Å². The molecule has 3 nitrogen and oxygen atoms in total. The molecule has 0 saturated heterocycles. The molecule has 0 amide bonds. The molecule has 1 aliphatic carbocycles. The summed E-state index contributed by atoms with van der Waals surface area (Å²) in [6.45, 7) is 5.17. The SMILES string of the molecule is CCCCCCCc1ccc(OC(=O)c2ccc(OCCCC3CCCCC3CCCCC)cc2)cc1F. The van der Waals surface area contributed by atoms with Crippen LogP contribution in [0.4, 0.5) is 4.39 Å². The van der Waals surface area contributed by atoms with Gasteiger partial charge >= 0.3 is 5.97 Å². The van der Waals surface area contributed by atoms with E-state index in [0.717, 1.165) is 36.8 Å². The van der Waals surface area contributed by atoms with Gasteiger partial charge in [0, 0.05) is 6.07 Å². The van der Waals surface area contributed by atoms with Crippen LogP contribution in [0.25, 0.3) is 0 Å². The third-order valence-corrected chi connectivity index (χ3v) is 8.11. The number of carbonyl (C=O) groups excluding carboxylic acids is 1. The lowest BCUT2D eigenvalue weighted by Gasteiger charge is -2.31. The number of aryl methyl sites for hydroxylation is 1. The minimum atomic E-state index is -0.491. The van der Waals surface area contributed by atoms with Crippen molar-refractivity contribution in [3.63, 3.8) is 0 Å². The van der Waals surface area contributed by atoms with Crippen LogP contribution in [0.3, 0.4) is 0 Å². The number of carbonyl (C=O) groups is 1. The lowest BCUT2D eigenvalue weighted by Crippen LogP contribution is -2.20. The molecule has 0 bridgehead atoms. The molecule has 210 valence electrons. The first kappa shape index (κ1) is 30.2. The first-order valence-electron chi connectivity index (χ1n) is 15.3. The Morgan fingerprint density at radius 2 is 1.42 bits per heavy atom. The molecule has 2 aromatic rings. The molecule has 2 aromatic carbocycles. The van der Waals surface area contributed by atoms with E-state index in [-0.39, 0.29) is 11.6 Å². The third-order valence-electron chi connectivity index (χ3n) is 8.11. The van der Waals surface area contributed by atoms with Crippen LogP contribution in [0.15, 0.2) is 42.5 Å². The van der Waals surface area contributed by atoms with Crippen LogP contribution in [-0.4, -0.2) is 12.6 Å². The maximum absolute atomic E-state index is 14.5. The van der Waals surface area contributed by atoms with Crippen LogP contribution in [0.2, 0.25) is 0 Å². The van der Waals surface area contributed by atoms with Crippen molar-refractivity contribution in [1.29, 1.82) is 0 Å². The quantitative estimate of drug-likeness (QED) is 0.117. The number of unbranched alkanes of at least 4 members (excludes halogenated alkanes) is 6. The summed E-state index contributed by atoms with van der Waals surface area (Å²) in [6.07, 6.45) is 19.7. The summed E-state index contributed by atoms with van der Waals surface area (Å²) in [5.74, 6) is 1.95. The van der Waals surface area contributed by atoms with E-state index < -0.39 is 5.97 Å². The van der Waals surface area contributed by atoms with E-state index in [1.807, 2.05) is 12.1 Å². The molecule has 38 heavy (non-hydrogen) atoms. The maximum atomic E-state index is 14.5. The van der Waals surface area contributed by atoms with Crippen molar-refractivity contribution in [1.82, 2.24) is 0 Å². The number of benzene rings is 2. The number of esters is 1. The van der Waals surface area contributed by atoms with E-state index in [1.165, 1.54) is 83.1 Å². The van der Waals surface area contributed by atoms with Gasteiger partial charge < -0.3 is 9.47 Å². The van der Waals surface area contributed by atoms with Crippen LogP contribution < -0.4 is 9.47 Å². The Bertz CT molecular complexity index is 939. The molecule has 2 unspecified atom stereocenters. The Morgan fingerprint density at radius 3 is 2.11 bits per heavy atom. The van der Waals surface area contributed by atoms with E-state index >= 15 is 0 Å². The lowest BCUT2D eigenvalue weighted by atomic mass is 9.74. The van der Waals surface area contributed by atoms with Gasteiger partial charge in [0.2, 0.25) is 0 Å². The van der Waals surface area contributed by atoms with Crippen LogP contribution in [-0.2, 0) is 6.42 Å². The van der Waals surface area contributed by atoms with Gasteiger partial charge in [0.25, 0.3) is 0 Å². The molecule has 2 atom stereocenters. The summed E-state index contributed by atoms with van der Waals surface area (Å²) in [7, 11) is 0. The van der Waals surface area contributed by atoms with Gasteiger partial charge in [0.1, 0.15) is 17.3 Å². The highest BCUT2D eigenvalue weighted by atomic mass is 19.1. The topological polar surface area (TPSA) is 35.5 Å². The zero-order valence-electron chi connectivity index (χ0n) is 23.8. The Hall–Kier alpha value is -2.36. The maximum Gasteiger partial charge on any atom is 0.343 e. The largest absolute Gasteiger partial charge is 0.494 e. The number of halogens is 1. The molecule has 0 aromatic heterocycles. The van der Waals surface area contributed by atoms with E-state index in [1.54, 1.807) is 24.3 Å². The summed E-state index contributed by atoms with van der Waals surface area (Å²) in [5, 5.41) is 0. The zero-order valence-corrected chi connectivity index (χ0v) is 23.8. The van der Waals surface area contributed by atoms with Crippen molar-refractivity contribution in [2.75, 3.05) is 6.61 Å². The summed E-state index contributed by atoms with van der Waals surface area (Å²) in [5.41, 5.74) is 1.10. The molecule has 0 N–H and O–H groups in total. The van der Waals surface area contributed by atoms with Gasteiger partial charge in [-0.3, -0.25) is 0 Å². The highest BCUT2D eigenvalue weighted by Crippen LogP contribution is 2.36. The fourth-order valence-corrected chi connectivity index (χ4v) is 5.80. The van der Waals surface area contributed by atoms with Gasteiger partial charge in [-0.05, 0) is 73.4 Å². The summed E-state index contributed by atoms with van der Waals surface area (Å²) in [6, 6.07) is 11.8. The van der Waals surface area contributed by atoms with Crippen LogP contribution in [0.5, 0.6) is 11.5 Å². The van der Waals surface area contributed by atoms with Crippen LogP contribution in [0, 0.1) is 17.7 Å². The number of ether oxygens (including phenoxy) is 2. The van der Waals surface area contributed by atoms with Gasteiger partial charge in [-0.1, -0.05) is 97.0 Å². The van der Waals surface area contributed by atoms with Gasteiger partial charge in [-0.15, -0.1) is 0 Å². The average Bonchev–Trinajstić information content (AvgIpc) is 2.93. The van der Waals surface area contributed by atoms with E-state index in [9.17, 15) is 9.18 Å². The monoisotopic (exact) mass is 524 g/mol. The molecule has 0 heterocycles. The second-order valence-electron chi connectivity index (χ2n) is 11.1. The molecule has 1 fully saturated rings. The van der Waals surface area contributed by atoms with E-state index in [2.05, 4.69) is 13.8 Å². The molecular weight excluding hydrogens is 475 g/mol.